The molecule has 0 heterocycles. The van der Waals surface area contributed by atoms with Gasteiger partial charge in [0.2, 0.25) is 5.91 Å². The molecule has 0 spiro atoms. The smallest absolute Gasteiger partial charge is 0.387 e. The standard InChI is InChI=1S/C15H19ClF2N2O3/c16-11-7-10(3-4-12(11)23-14(17)18)20-13(22)8-19-15(9-21)5-1-2-6-15/h3-4,7,14,19,21H,1-2,5-6,8-9H2,(H,20,22). The van der Waals surface area contributed by atoms with Crippen molar-refractivity contribution in [3.05, 3.63) is 23.2 Å². The number of benzene rings is 1. The van der Waals surface area contributed by atoms with Gasteiger partial charge in [-0.2, -0.15) is 8.78 Å². The van der Waals surface area contributed by atoms with Crippen LogP contribution in [0.2, 0.25) is 5.02 Å². The first-order valence-electron chi connectivity index (χ1n) is 7.34. The van der Waals surface area contributed by atoms with E-state index in [9.17, 15) is 18.7 Å². The molecule has 0 saturated heterocycles. The van der Waals surface area contributed by atoms with E-state index in [1.165, 1.54) is 18.2 Å². The molecule has 0 aliphatic heterocycles. The van der Waals surface area contributed by atoms with E-state index in [1.807, 2.05) is 0 Å². The number of nitrogens with one attached hydrogen (secondary N) is 2. The highest BCUT2D eigenvalue weighted by Gasteiger charge is 2.32. The Labute approximate surface area is 138 Å². The number of hydrogen-bond acceptors (Lipinski definition) is 4. The molecule has 1 aromatic rings. The summed E-state index contributed by atoms with van der Waals surface area (Å²) >= 11 is 5.82. The molecule has 1 aliphatic carbocycles. The molecule has 1 aromatic carbocycles. The van der Waals surface area contributed by atoms with Crippen molar-refractivity contribution in [2.75, 3.05) is 18.5 Å². The van der Waals surface area contributed by atoms with Gasteiger partial charge < -0.3 is 20.5 Å². The van der Waals surface area contributed by atoms with Crippen LogP contribution in [0.25, 0.3) is 0 Å². The van der Waals surface area contributed by atoms with Crippen LogP contribution in [-0.4, -0.2) is 36.3 Å². The Morgan fingerprint density at radius 1 is 1.39 bits per heavy atom. The summed E-state index contributed by atoms with van der Waals surface area (Å²) in [5, 5.41) is 15.2. The zero-order valence-corrected chi connectivity index (χ0v) is 13.2. The van der Waals surface area contributed by atoms with Crippen LogP contribution in [0.5, 0.6) is 5.75 Å². The van der Waals surface area contributed by atoms with E-state index >= 15 is 0 Å². The van der Waals surface area contributed by atoms with Gasteiger partial charge in [0.25, 0.3) is 0 Å². The molecule has 3 N–H and O–H groups in total. The number of rotatable bonds is 7. The molecule has 0 aromatic heterocycles. The first kappa shape index (κ1) is 17.9. The van der Waals surface area contributed by atoms with Crippen molar-refractivity contribution in [3.63, 3.8) is 0 Å². The normalized spacial score (nSPS) is 16.6. The number of hydrogen-bond donors (Lipinski definition) is 3. The van der Waals surface area contributed by atoms with Gasteiger partial charge in [-0.25, -0.2) is 0 Å². The molecular formula is C15H19ClF2N2O3. The van der Waals surface area contributed by atoms with Crippen molar-refractivity contribution in [3.8, 4) is 5.75 Å². The fourth-order valence-electron chi connectivity index (χ4n) is 2.69. The molecule has 0 radical (unpaired) electrons. The van der Waals surface area contributed by atoms with Crippen LogP contribution in [0.3, 0.4) is 0 Å². The lowest BCUT2D eigenvalue weighted by molar-refractivity contribution is -0.115. The number of ether oxygens (including phenoxy) is 1. The van der Waals surface area contributed by atoms with Crippen LogP contribution < -0.4 is 15.4 Å². The predicted molar refractivity (Wildman–Crippen MR) is 83.0 cm³/mol. The molecule has 1 fully saturated rings. The van der Waals surface area contributed by atoms with Gasteiger partial charge >= 0.3 is 6.61 Å². The maximum absolute atomic E-state index is 12.1. The minimum absolute atomic E-state index is 0.00816. The second-order valence-corrected chi connectivity index (χ2v) is 5.98. The molecule has 1 aliphatic rings. The van der Waals surface area contributed by atoms with Gasteiger partial charge in [0.05, 0.1) is 18.2 Å². The van der Waals surface area contributed by atoms with Crippen LogP contribution in [0, 0.1) is 0 Å². The van der Waals surface area contributed by atoms with E-state index in [2.05, 4.69) is 15.4 Å². The summed E-state index contributed by atoms with van der Waals surface area (Å²) in [7, 11) is 0. The van der Waals surface area contributed by atoms with Crippen molar-refractivity contribution in [1.82, 2.24) is 5.32 Å². The van der Waals surface area contributed by atoms with E-state index in [0.717, 1.165) is 25.7 Å². The number of amides is 1. The third-order valence-electron chi connectivity index (χ3n) is 3.92. The van der Waals surface area contributed by atoms with E-state index < -0.39 is 6.61 Å². The number of aliphatic hydroxyl groups is 1. The third-order valence-corrected chi connectivity index (χ3v) is 4.21. The third kappa shape index (κ3) is 5.02. The molecule has 128 valence electrons. The first-order valence-corrected chi connectivity index (χ1v) is 7.72. The first-order chi connectivity index (χ1) is 10.9. The average Bonchev–Trinajstić information content (AvgIpc) is 2.97. The molecule has 2 rings (SSSR count). The Kier molecular flexibility index (Phi) is 6.15. The Bertz CT molecular complexity index is 552. The van der Waals surface area contributed by atoms with Crippen LogP contribution in [-0.2, 0) is 4.79 Å². The molecule has 0 bridgehead atoms. The van der Waals surface area contributed by atoms with Crippen molar-refractivity contribution in [1.29, 1.82) is 0 Å². The molecule has 8 heteroatoms. The maximum Gasteiger partial charge on any atom is 0.387 e. The summed E-state index contributed by atoms with van der Waals surface area (Å²) in [6.07, 6.45) is 3.72. The van der Waals surface area contributed by atoms with Gasteiger partial charge in [-0.1, -0.05) is 24.4 Å². The fraction of sp³-hybridized carbons (Fsp3) is 0.533. The van der Waals surface area contributed by atoms with Crippen molar-refractivity contribution in [2.45, 2.75) is 37.8 Å². The summed E-state index contributed by atoms with van der Waals surface area (Å²) in [5.74, 6) is -0.453. The summed E-state index contributed by atoms with van der Waals surface area (Å²) in [6.45, 7) is -2.92. The molecule has 0 atom stereocenters. The minimum atomic E-state index is -2.96. The zero-order valence-electron chi connectivity index (χ0n) is 12.4. The van der Waals surface area contributed by atoms with Gasteiger partial charge in [0.1, 0.15) is 5.75 Å². The number of carbonyl (C=O) groups excluding carboxylic acids is 1. The zero-order chi connectivity index (χ0) is 16.9. The lowest BCUT2D eigenvalue weighted by atomic mass is 9.99. The molecule has 23 heavy (non-hydrogen) atoms. The minimum Gasteiger partial charge on any atom is -0.433 e. The van der Waals surface area contributed by atoms with Crippen LogP contribution in [0.4, 0.5) is 14.5 Å². The lowest BCUT2D eigenvalue weighted by Crippen LogP contribution is -2.49. The van der Waals surface area contributed by atoms with Gasteiger partial charge in [-0.05, 0) is 31.0 Å². The summed E-state index contributed by atoms with van der Waals surface area (Å²) < 4.78 is 28.5. The molecular weight excluding hydrogens is 330 g/mol. The highest BCUT2D eigenvalue weighted by Crippen LogP contribution is 2.30. The van der Waals surface area contributed by atoms with Crippen LogP contribution >= 0.6 is 11.6 Å². The number of aliphatic hydroxyl groups excluding tert-OH is 1. The Morgan fingerprint density at radius 3 is 2.65 bits per heavy atom. The van der Waals surface area contributed by atoms with Gasteiger partial charge in [-0.15, -0.1) is 0 Å². The highest BCUT2D eigenvalue weighted by atomic mass is 35.5. The highest BCUT2D eigenvalue weighted by molar-refractivity contribution is 6.32. The summed E-state index contributed by atoms with van der Waals surface area (Å²) in [5.41, 5.74) is -0.00267. The average molecular weight is 349 g/mol. The van der Waals surface area contributed by atoms with E-state index in [1.54, 1.807) is 0 Å². The number of alkyl halides is 2. The molecule has 0 unspecified atom stereocenters. The van der Waals surface area contributed by atoms with Crippen LogP contribution in [0.1, 0.15) is 25.7 Å². The summed E-state index contributed by atoms with van der Waals surface area (Å²) in [6, 6.07) is 4.04. The quantitative estimate of drug-likeness (QED) is 0.708. The topological polar surface area (TPSA) is 70.6 Å². The molecule has 1 saturated carbocycles. The maximum atomic E-state index is 12.1. The van der Waals surface area contributed by atoms with Gasteiger partial charge in [-0.3, -0.25) is 4.79 Å². The molecule has 1 amide bonds. The Balaban J connectivity index is 1.89. The second-order valence-electron chi connectivity index (χ2n) is 5.57. The van der Waals surface area contributed by atoms with Gasteiger partial charge in [0.15, 0.2) is 0 Å². The van der Waals surface area contributed by atoms with Gasteiger partial charge in [0, 0.05) is 11.2 Å². The molecule has 5 nitrogen and oxygen atoms in total. The van der Waals surface area contributed by atoms with E-state index in [-0.39, 0.29) is 35.4 Å². The number of anilines is 1. The van der Waals surface area contributed by atoms with E-state index in [4.69, 9.17) is 11.6 Å². The van der Waals surface area contributed by atoms with Crippen LogP contribution in [0.15, 0.2) is 18.2 Å². The lowest BCUT2D eigenvalue weighted by Gasteiger charge is -2.27. The second kappa shape index (κ2) is 7.90. The predicted octanol–water partition coefficient (Wildman–Crippen LogP) is 2.77. The Morgan fingerprint density at radius 2 is 2.09 bits per heavy atom. The monoisotopic (exact) mass is 348 g/mol. The number of carbonyl (C=O) groups is 1. The van der Waals surface area contributed by atoms with Crippen molar-refractivity contribution in [2.24, 2.45) is 0 Å². The van der Waals surface area contributed by atoms with E-state index in [0.29, 0.717) is 5.69 Å². The van der Waals surface area contributed by atoms with Crippen molar-refractivity contribution >= 4 is 23.2 Å². The van der Waals surface area contributed by atoms with Crippen molar-refractivity contribution < 1.29 is 23.4 Å². The SMILES string of the molecule is O=C(CNC1(CO)CCCC1)Nc1ccc(OC(F)F)c(Cl)c1. The summed E-state index contributed by atoms with van der Waals surface area (Å²) in [4.78, 5) is 12.0. The fourth-order valence-corrected chi connectivity index (χ4v) is 2.91. The Hall–Kier alpha value is -1.44. The number of halogens is 3. The largest absolute Gasteiger partial charge is 0.433 e.